The Bertz CT molecular complexity index is 604. The number of benzene rings is 2. The largest absolute Gasteiger partial charge is 0.223 e. The van der Waals surface area contributed by atoms with Gasteiger partial charge in [0.1, 0.15) is 0 Å². The van der Waals surface area contributed by atoms with Gasteiger partial charge in [-0.1, -0.05) is 61.9 Å². The lowest BCUT2D eigenvalue weighted by molar-refractivity contribution is 0.573. The SMILES string of the molecule is CCCC(c1ccccc1)S(=O)(=O)c1ccccc1. The second-order valence-electron chi connectivity index (χ2n) is 4.55. The molecule has 19 heavy (non-hydrogen) atoms. The van der Waals surface area contributed by atoms with Crippen molar-refractivity contribution in [1.82, 2.24) is 0 Å². The highest BCUT2D eigenvalue weighted by Gasteiger charge is 2.27. The molecule has 2 aromatic rings. The lowest BCUT2D eigenvalue weighted by atomic mass is 10.1. The minimum absolute atomic E-state index is 0.400. The fourth-order valence-corrected chi connectivity index (χ4v) is 4.13. The van der Waals surface area contributed by atoms with E-state index in [1.54, 1.807) is 24.3 Å². The molecule has 2 nitrogen and oxygen atoms in total. The van der Waals surface area contributed by atoms with E-state index in [1.165, 1.54) is 0 Å². The molecule has 1 atom stereocenters. The molecule has 0 N–H and O–H groups in total. The smallest absolute Gasteiger partial charge is 0.185 e. The van der Waals surface area contributed by atoms with Crippen LogP contribution in [0.1, 0.15) is 30.6 Å². The molecule has 0 heterocycles. The van der Waals surface area contributed by atoms with E-state index in [2.05, 4.69) is 0 Å². The number of rotatable bonds is 5. The summed E-state index contributed by atoms with van der Waals surface area (Å²) in [5.74, 6) is 0. The highest BCUT2D eigenvalue weighted by Crippen LogP contribution is 2.32. The van der Waals surface area contributed by atoms with Crippen molar-refractivity contribution in [3.63, 3.8) is 0 Å². The van der Waals surface area contributed by atoms with Gasteiger partial charge in [0.15, 0.2) is 9.84 Å². The van der Waals surface area contributed by atoms with E-state index < -0.39 is 15.1 Å². The molecule has 1 unspecified atom stereocenters. The summed E-state index contributed by atoms with van der Waals surface area (Å²) < 4.78 is 25.4. The van der Waals surface area contributed by atoms with Crippen molar-refractivity contribution < 1.29 is 8.42 Å². The molecule has 2 aromatic carbocycles. The van der Waals surface area contributed by atoms with Gasteiger partial charge in [-0.3, -0.25) is 0 Å². The van der Waals surface area contributed by atoms with Crippen molar-refractivity contribution in [2.75, 3.05) is 0 Å². The van der Waals surface area contributed by atoms with Crippen LogP contribution in [0.4, 0.5) is 0 Å². The van der Waals surface area contributed by atoms with Crippen molar-refractivity contribution >= 4 is 9.84 Å². The van der Waals surface area contributed by atoms with Crippen LogP contribution >= 0.6 is 0 Å². The van der Waals surface area contributed by atoms with Gasteiger partial charge in [0.25, 0.3) is 0 Å². The average Bonchev–Trinajstić information content (AvgIpc) is 2.46. The second-order valence-corrected chi connectivity index (χ2v) is 6.68. The van der Waals surface area contributed by atoms with E-state index in [9.17, 15) is 8.42 Å². The van der Waals surface area contributed by atoms with Crippen molar-refractivity contribution in [2.45, 2.75) is 29.9 Å². The minimum Gasteiger partial charge on any atom is -0.223 e. The van der Waals surface area contributed by atoms with Crippen LogP contribution in [0.5, 0.6) is 0 Å². The lowest BCUT2D eigenvalue weighted by Gasteiger charge is -2.17. The summed E-state index contributed by atoms with van der Waals surface area (Å²) in [5.41, 5.74) is 0.869. The van der Waals surface area contributed by atoms with E-state index in [0.29, 0.717) is 11.3 Å². The van der Waals surface area contributed by atoms with Crippen LogP contribution in [0.3, 0.4) is 0 Å². The second kappa shape index (κ2) is 6.02. The van der Waals surface area contributed by atoms with Gasteiger partial charge in [-0.15, -0.1) is 0 Å². The van der Waals surface area contributed by atoms with Gasteiger partial charge in [0.05, 0.1) is 10.1 Å². The number of sulfone groups is 1. The van der Waals surface area contributed by atoms with Crippen molar-refractivity contribution in [3.8, 4) is 0 Å². The van der Waals surface area contributed by atoms with E-state index in [-0.39, 0.29) is 0 Å². The molecule has 0 aliphatic heterocycles. The predicted octanol–water partition coefficient (Wildman–Crippen LogP) is 4.00. The molecule has 0 aliphatic rings. The first kappa shape index (κ1) is 13.8. The molecule has 0 saturated carbocycles. The molecule has 3 heteroatoms. The van der Waals surface area contributed by atoms with E-state index in [0.717, 1.165) is 12.0 Å². The Kier molecular flexibility index (Phi) is 4.38. The topological polar surface area (TPSA) is 34.1 Å². The summed E-state index contributed by atoms with van der Waals surface area (Å²) in [6, 6.07) is 18.2. The summed E-state index contributed by atoms with van der Waals surface area (Å²) >= 11 is 0. The quantitative estimate of drug-likeness (QED) is 0.825. The molecule has 0 aromatic heterocycles. The highest BCUT2D eigenvalue weighted by molar-refractivity contribution is 7.91. The summed E-state index contributed by atoms with van der Waals surface area (Å²) in [7, 11) is -3.32. The fraction of sp³-hybridized carbons (Fsp3) is 0.250. The van der Waals surface area contributed by atoms with Gasteiger partial charge in [-0.2, -0.15) is 0 Å². The minimum atomic E-state index is -3.32. The molecule has 0 fully saturated rings. The van der Waals surface area contributed by atoms with Crippen LogP contribution in [0.2, 0.25) is 0 Å². The molecule has 2 rings (SSSR count). The van der Waals surface area contributed by atoms with Gasteiger partial charge < -0.3 is 0 Å². The summed E-state index contributed by atoms with van der Waals surface area (Å²) in [6.07, 6.45) is 1.48. The predicted molar refractivity (Wildman–Crippen MR) is 77.7 cm³/mol. The van der Waals surface area contributed by atoms with E-state index >= 15 is 0 Å². The molecule has 0 spiro atoms. The van der Waals surface area contributed by atoms with E-state index in [4.69, 9.17) is 0 Å². The molecule has 0 aliphatic carbocycles. The highest BCUT2D eigenvalue weighted by atomic mass is 32.2. The first-order valence-electron chi connectivity index (χ1n) is 6.50. The Morgan fingerprint density at radius 1 is 0.895 bits per heavy atom. The molecular formula is C16H18O2S. The maximum absolute atomic E-state index is 12.7. The summed E-state index contributed by atoms with van der Waals surface area (Å²) in [4.78, 5) is 0.400. The molecule has 0 saturated heterocycles. The van der Waals surface area contributed by atoms with Crippen LogP contribution in [0.25, 0.3) is 0 Å². The van der Waals surface area contributed by atoms with Crippen LogP contribution in [0, 0.1) is 0 Å². The Morgan fingerprint density at radius 3 is 1.95 bits per heavy atom. The maximum atomic E-state index is 12.7. The zero-order valence-electron chi connectivity index (χ0n) is 11.0. The fourth-order valence-electron chi connectivity index (χ4n) is 2.21. The van der Waals surface area contributed by atoms with Crippen LogP contribution in [-0.4, -0.2) is 8.42 Å². The molecule has 0 bridgehead atoms. The number of hydrogen-bond donors (Lipinski definition) is 0. The van der Waals surface area contributed by atoms with Gasteiger partial charge in [0, 0.05) is 0 Å². The normalized spacial score (nSPS) is 13.1. The van der Waals surface area contributed by atoms with Crippen molar-refractivity contribution in [2.24, 2.45) is 0 Å². The Labute approximate surface area is 115 Å². The Morgan fingerprint density at radius 2 is 1.42 bits per heavy atom. The lowest BCUT2D eigenvalue weighted by Crippen LogP contribution is -2.13. The molecule has 0 radical (unpaired) electrons. The molecule has 100 valence electrons. The van der Waals surface area contributed by atoms with Crippen molar-refractivity contribution in [1.29, 1.82) is 0 Å². The maximum Gasteiger partial charge on any atom is 0.185 e. The third-order valence-corrected chi connectivity index (χ3v) is 5.35. The number of hydrogen-bond acceptors (Lipinski definition) is 2. The van der Waals surface area contributed by atoms with Gasteiger partial charge >= 0.3 is 0 Å². The first-order chi connectivity index (χ1) is 9.16. The third kappa shape index (κ3) is 3.04. The zero-order valence-corrected chi connectivity index (χ0v) is 11.8. The van der Waals surface area contributed by atoms with Gasteiger partial charge in [-0.05, 0) is 24.1 Å². The Balaban J connectivity index is 2.45. The first-order valence-corrected chi connectivity index (χ1v) is 8.04. The third-order valence-electron chi connectivity index (χ3n) is 3.17. The van der Waals surface area contributed by atoms with Crippen LogP contribution < -0.4 is 0 Å². The monoisotopic (exact) mass is 274 g/mol. The van der Waals surface area contributed by atoms with Gasteiger partial charge in [-0.25, -0.2) is 8.42 Å². The van der Waals surface area contributed by atoms with Crippen LogP contribution in [0.15, 0.2) is 65.6 Å². The van der Waals surface area contributed by atoms with Gasteiger partial charge in [0.2, 0.25) is 0 Å². The summed E-state index contributed by atoms with van der Waals surface area (Å²) in [6.45, 7) is 2.01. The van der Waals surface area contributed by atoms with Crippen LogP contribution in [-0.2, 0) is 9.84 Å². The average molecular weight is 274 g/mol. The standard InChI is InChI=1S/C16H18O2S/c1-2-9-16(14-10-5-3-6-11-14)19(17,18)15-12-7-4-8-13-15/h3-8,10-13,16H,2,9H2,1H3. The molecule has 0 amide bonds. The van der Waals surface area contributed by atoms with E-state index in [1.807, 2.05) is 43.3 Å². The summed E-state index contributed by atoms with van der Waals surface area (Å²) in [5, 5.41) is -0.457. The van der Waals surface area contributed by atoms with Crippen molar-refractivity contribution in [3.05, 3.63) is 66.2 Å². The zero-order chi connectivity index (χ0) is 13.7. The Hall–Kier alpha value is -1.61. The molecular weight excluding hydrogens is 256 g/mol.